The van der Waals surface area contributed by atoms with E-state index in [0.717, 1.165) is 25.9 Å². The third kappa shape index (κ3) is 2.55. The third-order valence-corrected chi connectivity index (χ3v) is 3.77. The van der Waals surface area contributed by atoms with Crippen LogP contribution < -0.4 is 5.32 Å². The van der Waals surface area contributed by atoms with Gasteiger partial charge >= 0.3 is 0 Å². The van der Waals surface area contributed by atoms with Gasteiger partial charge in [0.15, 0.2) is 0 Å². The Bertz CT molecular complexity index is 237. The lowest BCUT2D eigenvalue weighted by atomic mass is 10.0. The number of hydrogen-bond donors (Lipinski definition) is 2. The minimum absolute atomic E-state index is 0.0813. The predicted octanol–water partition coefficient (Wildman–Crippen LogP) is 0.502. The highest BCUT2D eigenvalue weighted by Crippen LogP contribution is 2.23. The Kier molecular flexibility index (Phi) is 4.18. The van der Waals surface area contributed by atoms with Crippen LogP contribution in [0.2, 0.25) is 0 Å². The van der Waals surface area contributed by atoms with E-state index in [1.807, 2.05) is 4.90 Å². The van der Waals surface area contributed by atoms with E-state index in [1.165, 1.54) is 25.7 Å². The van der Waals surface area contributed by atoms with Crippen LogP contribution in [0.15, 0.2) is 0 Å². The SMILES string of the molecule is O=C1C(CO)NCCN1C1CCCCCC1. The first-order valence-electron chi connectivity index (χ1n) is 6.47. The standard InChI is InChI=1S/C12H22N2O2/c15-9-11-12(16)14(8-7-13-11)10-5-3-1-2-4-6-10/h10-11,13,15H,1-9H2. The molecule has 1 atom stereocenters. The van der Waals surface area contributed by atoms with E-state index < -0.39 is 0 Å². The van der Waals surface area contributed by atoms with Crippen LogP contribution in [0.3, 0.4) is 0 Å². The summed E-state index contributed by atoms with van der Waals surface area (Å²) < 4.78 is 0. The van der Waals surface area contributed by atoms with Gasteiger partial charge in [-0.25, -0.2) is 0 Å². The van der Waals surface area contributed by atoms with E-state index in [1.54, 1.807) is 0 Å². The first kappa shape index (κ1) is 11.9. The molecule has 2 fully saturated rings. The number of piperazine rings is 1. The fourth-order valence-electron chi connectivity index (χ4n) is 2.83. The van der Waals surface area contributed by atoms with Crippen LogP contribution in [0.1, 0.15) is 38.5 Å². The van der Waals surface area contributed by atoms with Gasteiger partial charge in [-0.15, -0.1) is 0 Å². The highest BCUT2D eigenvalue weighted by molar-refractivity contribution is 5.83. The van der Waals surface area contributed by atoms with Gasteiger partial charge in [-0.1, -0.05) is 25.7 Å². The van der Waals surface area contributed by atoms with E-state index in [-0.39, 0.29) is 18.6 Å². The third-order valence-electron chi connectivity index (χ3n) is 3.77. The number of rotatable bonds is 2. The zero-order valence-corrected chi connectivity index (χ0v) is 9.82. The number of carbonyl (C=O) groups is 1. The van der Waals surface area contributed by atoms with Crippen molar-refractivity contribution in [3.05, 3.63) is 0 Å². The monoisotopic (exact) mass is 226 g/mol. The maximum Gasteiger partial charge on any atom is 0.242 e. The minimum atomic E-state index is -0.364. The maximum atomic E-state index is 12.1. The molecule has 16 heavy (non-hydrogen) atoms. The average Bonchev–Trinajstić information content (AvgIpc) is 2.58. The van der Waals surface area contributed by atoms with Crippen molar-refractivity contribution < 1.29 is 9.90 Å². The molecule has 4 heteroatoms. The molecule has 92 valence electrons. The van der Waals surface area contributed by atoms with Crippen LogP contribution in [-0.4, -0.2) is 47.7 Å². The summed E-state index contributed by atoms with van der Waals surface area (Å²) in [6.45, 7) is 1.54. The van der Waals surface area contributed by atoms with Gasteiger partial charge in [0, 0.05) is 19.1 Å². The summed E-state index contributed by atoms with van der Waals surface area (Å²) >= 11 is 0. The van der Waals surface area contributed by atoms with E-state index in [2.05, 4.69) is 5.32 Å². The molecule has 1 unspecified atom stereocenters. The molecule has 4 nitrogen and oxygen atoms in total. The predicted molar refractivity (Wildman–Crippen MR) is 62.1 cm³/mol. The number of nitrogens with zero attached hydrogens (tertiary/aromatic N) is 1. The second-order valence-electron chi connectivity index (χ2n) is 4.87. The molecule has 1 aliphatic carbocycles. The van der Waals surface area contributed by atoms with Crippen LogP contribution in [0, 0.1) is 0 Å². The molecule has 1 saturated heterocycles. The normalized spacial score (nSPS) is 29.2. The lowest BCUT2D eigenvalue weighted by Gasteiger charge is -2.38. The van der Waals surface area contributed by atoms with Crippen molar-refractivity contribution in [2.24, 2.45) is 0 Å². The Labute approximate surface area is 97.0 Å². The summed E-state index contributed by atoms with van der Waals surface area (Å²) in [5.74, 6) is 0.0978. The summed E-state index contributed by atoms with van der Waals surface area (Å²) in [6, 6.07) is 0.0585. The maximum absolute atomic E-state index is 12.1. The van der Waals surface area contributed by atoms with Gasteiger partial charge in [-0.2, -0.15) is 0 Å². The molecule has 0 spiro atoms. The molecule has 1 saturated carbocycles. The van der Waals surface area contributed by atoms with Crippen molar-refractivity contribution in [3.63, 3.8) is 0 Å². The highest BCUT2D eigenvalue weighted by Gasteiger charge is 2.32. The molecule has 1 heterocycles. The van der Waals surface area contributed by atoms with Crippen LogP contribution in [-0.2, 0) is 4.79 Å². The fourth-order valence-corrected chi connectivity index (χ4v) is 2.83. The topological polar surface area (TPSA) is 52.6 Å². The molecular formula is C12H22N2O2. The van der Waals surface area contributed by atoms with Crippen LogP contribution in [0.5, 0.6) is 0 Å². The first-order valence-corrected chi connectivity index (χ1v) is 6.47. The molecule has 0 bridgehead atoms. The summed E-state index contributed by atoms with van der Waals surface area (Å²) in [7, 11) is 0. The van der Waals surface area contributed by atoms with Gasteiger partial charge in [0.2, 0.25) is 5.91 Å². The molecule has 2 aliphatic rings. The zero-order valence-electron chi connectivity index (χ0n) is 9.82. The van der Waals surface area contributed by atoms with Crippen LogP contribution >= 0.6 is 0 Å². The van der Waals surface area contributed by atoms with Gasteiger partial charge < -0.3 is 15.3 Å². The number of aliphatic hydroxyl groups excluding tert-OH is 1. The van der Waals surface area contributed by atoms with Crippen LogP contribution in [0.25, 0.3) is 0 Å². The zero-order chi connectivity index (χ0) is 11.4. The molecule has 0 aromatic heterocycles. The Balaban J connectivity index is 1.98. The lowest BCUT2D eigenvalue weighted by molar-refractivity contribution is -0.139. The molecule has 0 aromatic rings. The van der Waals surface area contributed by atoms with Gasteiger partial charge in [-0.3, -0.25) is 4.79 Å². The van der Waals surface area contributed by atoms with Crippen molar-refractivity contribution >= 4 is 5.91 Å². The summed E-state index contributed by atoms with van der Waals surface area (Å²) in [5.41, 5.74) is 0. The van der Waals surface area contributed by atoms with Crippen molar-refractivity contribution in [1.29, 1.82) is 0 Å². The van der Waals surface area contributed by atoms with Gasteiger partial charge in [0.1, 0.15) is 6.04 Å². The summed E-state index contributed by atoms with van der Waals surface area (Å²) in [5, 5.41) is 12.2. The van der Waals surface area contributed by atoms with Gasteiger partial charge in [-0.05, 0) is 12.8 Å². The molecule has 1 aliphatic heterocycles. The van der Waals surface area contributed by atoms with E-state index in [0.29, 0.717) is 6.04 Å². The molecule has 2 rings (SSSR count). The average molecular weight is 226 g/mol. The Morgan fingerprint density at radius 3 is 2.56 bits per heavy atom. The van der Waals surface area contributed by atoms with Crippen molar-refractivity contribution in [1.82, 2.24) is 10.2 Å². The Hall–Kier alpha value is -0.610. The largest absolute Gasteiger partial charge is 0.394 e. The Morgan fingerprint density at radius 2 is 1.94 bits per heavy atom. The first-order chi connectivity index (χ1) is 7.83. The number of nitrogens with one attached hydrogen (secondary N) is 1. The molecule has 1 amide bonds. The molecule has 2 N–H and O–H groups in total. The number of amides is 1. The van der Waals surface area contributed by atoms with Crippen molar-refractivity contribution in [2.45, 2.75) is 50.6 Å². The van der Waals surface area contributed by atoms with E-state index in [9.17, 15) is 4.79 Å². The lowest BCUT2D eigenvalue weighted by Crippen LogP contribution is -2.59. The molecule has 0 aromatic carbocycles. The summed E-state index contributed by atoms with van der Waals surface area (Å²) in [6.07, 6.45) is 7.38. The molecule has 0 radical (unpaired) electrons. The fraction of sp³-hybridized carbons (Fsp3) is 0.917. The molecular weight excluding hydrogens is 204 g/mol. The number of carbonyl (C=O) groups excluding carboxylic acids is 1. The van der Waals surface area contributed by atoms with Gasteiger partial charge in [0.25, 0.3) is 0 Å². The summed E-state index contributed by atoms with van der Waals surface area (Å²) in [4.78, 5) is 14.1. The quantitative estimate of drug-likeness (QED) is 0.674. The number of aliphatic hydroxyl groups is 1. The van der Waals surface area contributed by atoms with Crippen molar-refractivity contribution in [3.8, 4) is 0 Å². The number of hydrogen-bond acceptors (Lipinski definition) is 3. The van der Waals surface area contributed by atoms with Crippen molar-refractivity contribution in [2.75, 3.05) is 19.7 Å². The smallest absolute Gasteiger partial charge is 0.242 e. The second kappa shape index (κ2) is 5.64. The van der Waals surface area contributed by atoms with E-state index >= 15 is 0 Å². The second-order valence-corrected chi connectivity index (χ2v) is 4.87. The Morgan fingerprint density at radius 1 is 1.25 bits per heavy atom. The minimum Gasteiger partial charge on any atom is -0.394 e. The highest BCUT2D eigenvalue weighted by atomic mass is 16.3. The van der Waals surface area contributed by atoms with Crippen LogP contribution in [0.4, 0.5) is 0 Å². The van der Waals surface area contributed by atoms with E-state index in [4.69, 9.17) is 5.11 Å². The van der Waals surface area contributed by atoms with Gasteiger partial charge in [0.05, 0.1) is 6.61 Å².